The molecule has 2 aromatic carbocycles. The molecule has 0 unspecified atom stereocenters. The zero-order valence-electron chi connectivity index (χ0n) is 16.1. The van der Waals surface area contributed by atoms with Crippen molar-refractivity contribution >= 4 is 17.5 Å². The molecule has 1 amide bonds. The van der Waals surface area contributed by atoms with Crippen molar-refractivity contribution in [1.82, 2.24) is 25.3 Å². The minimum absolute atomic E-state index is 0.214. The van der Waals surface area contributed by atoms with Crippen LogP contribution in [0.5, 0.6) is 5.75 Å². The van der Waals surface area contributed by atoms with E-state index in [1.165, 1.54) is 0 Å². The highest BCUT2D eigenvalue weighted by atomic mass is 35.5. The number of halogens is 1. The summed E-state index contributed by atoms with van der Waals surface area (Å²) in [4.78, 5) is 17.0. The maximum atomic E-state index is 13.0. The molecule has 1 N–H and O–H groups in total. The van der Waals surface area contributed by atoms with Gasteiger partial charge in [-0.15, -0.1) is 5.10 Å². The fourth-order valence-electron chi connectivity index (χ4n) is 3.04. The Kier molecular flexibility index (Phi) is 5.72. The number of benzene rings is 2. The molecule has 0 aliphatic heterocycles. The van der Waals surface area contributed by atoms with E-state index in [1.54, 1.807) is 36.3 Å². The molecule has 0 aliphatic rings. The fourth-order valence-corrected chi connectivity index (χ4v) is 3.25. The Morgan fingerprint density at radius 1 is 1.10 bits per heavy atom. The van der Waals surface area contributed by atoms with Crippen LogP contribution in [0.4, 0.5) is 0 Å². The number of carbonyl (C=O) groups excluding carboxylic acids is 1. The van der Waals surface area contributed by atoms with E-state index in [2.05, 4.69) is 20.6 Å². The Hall–Kier alpha value is -3.71. The topological polar surface area (TPSA) is 81.9 Å². The largest absolute Gasteiger partial charge is 0.497 e. The van der Waals surface area contributed by atoms with Gasteiger partial charge in [-0.3, -0.25) is 9.78 Å². The number of hydrogen-bond donors (Lipinski definition) is 1. The minimum Gasteiger partial charge on any atom is -0.497 e. The summed E-state index contributed by atoms with van der Waals surface area (Å²) in [7, 11) is 1.60. The number of nitrogens with one attached hydrogen (secondary N) is 1. The maximum Gasteiger partial charge on any atom is 0.274 e. The highest BCUT2D eigenvalue weighted by Crippen LogP contribution is 2.26. The van der Waals surface area contributed by atoms with E-state index in [-0.39, 0.29) is 11.6 Å². The number of nitrogens with zero attached hydrogens (tertiary/aromatic N) is 4. The van der Waals surface area contributed by atoms with Gasteiger partial charge < -0.3 is 10.1 Å². The summed E-state index contributed by atoms with van der Waals surface area (Å²) in [5.74, 6) is 0.339. The molecule has 150 valence electrons. The van der Waals surface area contributed by atoms with Gasteiger partial charge in [0.15, 0.2) is 5.69 Å². The lowest BCUT2D eigenvalue weighted by molar-refractivity contribution is 0.0946. The SMILES string of the molecule is COc1cccc(-n2nnc(C(=O)NCc3cccc(Cl)c3)c2-c2ccncc2)c1. The van der Waals surface area contributed by atoms with Gasteiger partial charge in [0.1, 0.15) is 11.4 Å². The summed E-state index contributed by atoms with van der Waals surface area (Å²) in [5.41, 5.74) is 3.16. The average Bonchev–Trinajstić information content (AvgIpc) is 3.23. The number of ether oxygens (including phenoxy) is 1. The van der Waals surface area contributed by atoms with Crippen molar-refractivity contribution < 1.29 is 9.53 Å². The first-order valence-corrected chi connectivity index (χ1v) is 9.56. The van der Waals surface area contributed by atoms with Crippen LogP contribution >= 0.6 is 11.6 Å². The van der Waals surface area contributed by atoms with Gasteiger partial charge in [0.25, 0.3) is 5.91 Å². The molecule has 30 heavy (non-hydrogen) atoms. The van der Waals surface area contributed by atoms with Gasteiger partial charge in [0.2, 0.25) is 0 Å². The molecule has 7 nitrogen and oxygen atoms in total. The summed E-state index contributed by atoms with van der Waals surface area (Å²) in [6, 6.07) is 18.3. The summed E-state index contributed by atoms with van der Waals surface area (Å²) < 4.78 is 6.93. The van der Waals surface area contributed by atoms with Gasteiger partial charge in [0, 0.05) is 35.6 Å². The Morgan fingerprint density at radius 3 is 2.67 bits per heavy atom. The summed E-state index contributed by atoms with van der Waals surface area (Å²) >= 11 is 6.02. The highest BCUT2D eigenvalue weighted by Gasteiger charge is 2.22. The zero-order valence-corrected chi connectivity index (χ0v) is 16.9. The van der Waals surface area contributed by atoms with Crippen molar-refractivity contribution in [3.63, 3.8) is 0 Å². The second-order valence-corrected chi connectivity index (χ2v) is 6.88. The second-order valence-electron chi connectivity index (χ2n) is 6.45. The van der Waals surface area contributed by atoms with E-state index in [1.807, 2.05) is 48.5 Å². The van der Waals surface area contributed by atoms with Crippen LogP contribution in [0, 0.1) is 0 Å². The van der Waals surface area contributed by atoms with Crippen molar-refractivity contribution in [2.75, 3.05) is 7.11 Å². The van der Waals surface area contributed by atoms with Crippen LogP contribution < -0.4 is 10.1 Å². The van der Waals surface area contributed by atoms with Crippen LogP contribution in [0.1, 0.15) is 16.1 Å². The number of pyridine rings is 1. The standard InChI is InChI=1S/C22H18ClN5O2/c1-30-19-7-3-6-18(13-19)28-21(16-8-10-24-11-9-16)20(26-27-28)22(29)25-14-15-4-2-5-17(23)12-15/h2-13H,14H2,1H3,(H,25,29). The molecule has 0 aliphatic carbocycles. The first kappa shape index (κ1) is 19.6. The molecule has 0 bridgehead atoms. The molecule has 0 spiro atoms. The Bertz CT molecular complexity index is 1180. The van der Waals surface area contributed by atoms with Gasteiger partial charge in [-0.1, -0.05) is 35.0 Å². The normalized spacial score (nSPS) is 10.6. The van der Waals surface area contributed by atoms with Crippen molar-refractivity contribution in [2.24, 2.45) is 0 Å². The Morgan fingerprint density at radius 2 is 1.90 bits per heavy atom. The number of rotatable bonds is 6. The van der Waals surface area contributed by atoms with E-state index >= 15 is 0 Å². The smallest absolute Gasteiger partial charge is 0.274 e. The van der Waals surface area contributed by atoms with E-state index in [0.29, 0.717) is 23.0 Å². The average molecular weight is 420 g/mol. The minimum atomic E-state index is -0.337. The monoisotopic (exact) mass is 419 g/mol. The molecule has 0 saturated carbocycles. The lowest BCUT2D eigenvalue weighted by Gasteiger charge is -2.10. The van der Waals surface area contributed by atoms with Crippen molar-refractivity contribution in [3.05, 3.63) is 89.3 Å². The van der Waals surface area contributed by atoms with E-state index in [0.717, 1.165) is 16.8 Å². The van der Waals surface area contributed by atoms with Crippen LogP contribution in [-0.2, 0) is 6.54 Å². The molecule has 0 saturated heterocycles. The number of methoxy groups -OCH3 is 1. The second kappa shape index (κ2) is 8.75. The third kappa shape index (κ3) is 4.16. The number of hydrogen-bond acceptors (Lipinski definition) is 5. The number of carbonyl (C=O) groups is 1. The zero-order chi connectivity index (χ0) is 20.9. The van der Waals surface area contributed by atoms with Gasteiger partial charge in [-0.25, -0.2) is 4.68 Å². The summed E-state index contributed by atoms with van der Waals surface area (Å²) in [6.45, 7) is 0.321. The Balaban J connectivity index is 1.71. The molecule has 2 aromatic heterocycles. The van der Waals surface area contributed by atoms with E-state index in [4.69, 9.17) is 16.3 Å². The summed E-state index contributed by atoms with van der Waals surface area (Å²) in [5, 5.41) is 11.9. The first-order chi connectivity index (χ1) is 14.7. The fraction of sp³-hybridized carbons (Fsp3) is 0.0909. The molecular formula is C22H18ClN5O2. The number of aromatic nitrogens is 4. The van der Waals surface area contributed by atoms with Crippen molar-refractivity contribution in [1.29, 1.82) is 0 Å². The molecule has 0 fully saturated rings. The lowest BCUT2D eigenvalue weighted by atomic mass is 10.1. The molecule has 0 atom stereocenters. The predicted molar refractivity (Wildman–Crippen MR) is 114 cm³/mol. The van der Waals surface area contributed by atoms with Crippen LogP contribution in [0.15, 0.2) is 73.1 Å². The van der Waals surface area contributed by atoms with E-state index in [9.17, 15) is 4.79 Å². The van der Waals surface area contributed by atoms with Gasteiger partial charge in [-0.05, 0) is 42.0 Å². The maximum absolute atomic E-state index is 13.0. The van der Waals surface area contributed by atoms with Gasteiger partial charge >= 0.3 is 0 Å². The highest BCUT2D eigenvalue weighted by molar-refractivity contribution is 6.30. The van der Waals surface area contributed by atoms with Crippen molar-refractivity contribution in [2.45, 2.75) is 6.54 Å². The third-order valence-electron chi connectivity index (χ3n) is 4.48. The predicted octanol–water partition coefficient (Wildman–Crippen LogP) is 3.92. The molecule has 4 aromatic rings. The van der Waals surface area contributed by atoms with Crippen molar-refractivity contribution in [3.8, 4) is 22.7 Å². The summed E-state index contributed by atoms with van der Waals surface area (Å²) in [6.07, 6.45) is 3.32. The van der Waals surface area contributed by atoms with Crippen LogP contribution in [-0.4, -0.2) is 33.0 Å². The van der Waals surface area contributed by atoms with Crippen LogP contribution in [0.3, 0.4) is 0 Å². The molecule has 0 radical (unpaired) electrons. The van der Waals surface area contributed by atoms with E-state index < -0.39 is 0 Å². The third-order valence-corrected chi connectivity index (χ3v) is 4.71. The van der Waals surface area contributed by atoms with Gasteiger partial charge in [-0.2, -0.15) is 0 Å². The van der Waals surface area contributed by atoms with Crippen LogP contribution in [0.2, 0.25) is 5.02 Å². The number of amides is 1. The van der Waals surface area contributed by atoms with Gasteiger partial charge in [0.05, 0.1) is 12.8 Å². The lowest BCUT2D eigenvalue weighted by Crippen LogP contribution is -2.24. The molecular weight excluding hydrogens is 402 g/mol. The molecule has 2 heterocycles. The molecule has 4 rings (SSSR count). The first-order valence-electron chi connectivity index (χ1n) is 9.19. The quantitative estimate of drug-likeness (QED) is 0.512. The van der Waals surface area contributed by atoms with Crippen LogP contribution in [0.25, 0.3) is 16.9 Å². The molecule has 8 heteroatoms. The Labute approximate surface area is 178 Å².